The molecule has 3 aromatic rings. The molecule has 0 aliphatic carbocycles. The first-order chi connectivity index (χ1) is 15.1. The number of benzene rings is 3. The number of carbonyl (C=O) groups excluding carboxylic acids is 1. The third kappa shape index (κ3) is 7.12. The molecule has 0 unspecified atom stereocenters. The fourth-order valence-electron chi connectivity index (χ4n) is 2.58. The molecule has 0 saturated carbocycles. The van der Waals surface area contributed by atoms with E-state index in [-0.39, 0.29) is 19.0 Å². The Balaban J connectivity index is 1.76. The molecule has 31 heavy (non-hydrogen) atoms. The normalized spacial score (nSPS) is 10.6. The third-order valence-electron chi connectivity index (χ3n) is 4.12. The predicted molar refractivity (Wildman–Crippen MR) is 118 cm³/mol. The highest BCUT2D eigenvalue weighted by Gasteiger charge is 2.08. The van der Waals surface area contributed by atoms with Crippen LogP contribution in [0.2, 0.25) is 0 Å². The van der Waals surface area contributed by atoms with Gasteiger partial charge in [0.15, 0.2) is 6.61 Å². The van der Waals surface area contributed by atoms with Crippen LogP contribution in [0.3, 0.4) is 0 Å². The van der Waals surface area contributed by atoms with E-state index in [1.54, 1.807) is 36.5 Å². The van der Waals surface area contributed by atoms with Crippen molar-refractivity contribution in [2.75, 3.05) is 13.2 Å². The van der Waals surface area contributed by atoms with Gasteiger partial charge in [0, 0.05) is 17.8 Å². The van der Waals surface area contributed by atoms with Gasteiger partial charge in [-0.15, -0.1) is 0 Å². The second kappa shape index (κ2) is 11.3. The highest BCUT2D eigenvalue weighted by atomic mass is 19.1. The molecule has 0 aromatic heterocycles. The number of ether oxygens (including phenoxy) is 3. The summed E-state index contributed by atoms with van der Waals surface area (Å²) in [6.07, 6.45) is 3.12. The molecule has 3 rings (SSSR count). The monoisotopic (exact) mass is 419 g/mol. The van der Waals surface area contributed by atoms with Crippen molar-refractivity contribution in [2.45, 2.75) is 6.61 Å². The molecule has 158 valence electrons. The van der Waals surface area contributed by atoms with Crippen LogP contribution in [0.1, 0.15) is 11.1 Å². The van der Waals surface area contributed by atoms with Crippen molar-refractivity contribution in [1.82, 2.24) is 0 Å². The molecule has 0 fully saturated rings. The Hall–Kier alpha value is -3.93. The lowest BCUT2D eigenvalue weighted by Gasteiger charge is -2.12. The first-order valence-corrected chi connectivity index (χ1v) is 9.64. The van der Waals surface area contributed by atoms with Gasteiger partial charge in [-0.05, 0) is 42.0 Å². The second-order valence-electron chi connectivity index (χ2n) is 6.47. The van der Waals surface area contributed by atoms with E-state index in [0.717, 1.165) is 5.56 Å². The maximum Gasteiger partial charge on any atom is 0.344 e. The lowest BCUT2D eigenvalue weighted by Crippen LogP contribution is -2.14. The van der Waals surface area contributed by atoms with Crippen LogP contribution in [0.5, 0.6) is 11.5 Å². The van der Waals surface area contributed by atoms with Crippen LogP contribution in [0, 0.1) is 5.82 Å². The summed E-state index contributed by atoms with van der Waals surface area (Å²) in [5.41, 5.74) is 2.32. The lowest BCUT2D eigenvalue weighted by molar-refractivity contribution is -0.144. The average molecular weight is 419 g/mol. The van der Waals surface area contributed by atoms with E-state index in [1.165, 1.54) is 18.2 Å². The molecule has 0 spiro atoms. The number of esters is 1. The van der Waals surface area contributed by atoms with Crippen LogP contribution in [-0.4, -0.2) is 25.4 Å². The van der Waals surface area contributed by atoms with Gasteiger partial charge >= 0.3 is 5.97 Å². The molecule has 5 nitrogen and oxygen atoms in total. The van der Waals surface area contributed by atoms with Gasteiger partial charge in [-0.25, -0.2) is 9.18 Å². The highest BCUT2D eigenvalue weighted by Crippen LogP contribution is 2.26. The smallest absolute Gasteiger partial charge is 0.344 e. The van der Waals surface area contributed by atoms with Crippen molar-refractivity contribution >= 4 is 17.9 Å². The number of halogens is 1. The molecule has 0 radical (unpaired) electrons. The quantitative estimate of drug-likeness (QED) is 0.255. The summed E-state index contributed by atoms with van der Waals surface area (Å²) in [6, 6.07) is 20.8. The van der Waals surface area contributed by atoms with E-state index in [1.807, 2.05) is 30.3 Å². The van der Waals surface area contributed by atoms with Crippen LogP contribution in [0.4, 0.5) is 10.1 Å². The topological polar surface area (TPSA) is 57.1 Å². The number of nitrogens with zero attached hydrogens (tertiary/aromatic N) is 1. The maximum atomic E-state index is 13.1. The van der Waals surface area contributed by atoms with Crippen molar-refractivity contribution in [1.29, 1.82) is 0 Å². The Morgan fingerprint density at radius 3 is 2.52 bits per heavy atom. The fourth-order valence-corrected chi connectivity index (χ4v) is 2.58. The van der Waals surface area contributed by atoms with E-state index >= 15 is 0 Å². The molecule has 0 bridgehead atoms. The first-order valence-electron chi connectivity index (χ1n) is 9.64. The van der Waals surface area contributed by atoms with Gasteiger partial charge in [-0.2, -0.15) is 0 Å². The minimum atomic E-state index is -0.492. The van der Waals surface area contributed by atoms with E-state index < -0.39 is 5.97 Å². The Kier molecular flexibility index (Phi) is 7.94. The average Bonchev–Trinajstić information content (AvgIpc) is 2.81. The van der Waals surface area contributed by atoms with Crippen molar-refractivity contribution < 1.29 is 23.4 Å². The molecule has 0 atom stereocenters. The summed E-state index contributed by atoms with van der Waals surface area (Å²) in [5.74, 6) is 0.178. The van der Waals surface area contributed by atoms with E-state index in [0.29, 0.717) is 29.4 Å². The standard InChI is InChI=1S/C25H22FNO4/c1-2-14-29-25(28)18-30-23-13-8-20(16-27-22-11-9-21(26)10-12-22)24(15-23)31-17-19-6-4-3-5-7-19/h2-13,15-16H,1,14,17-18H2/b27-16+. The van der Waals surface area contributed by atoms with Crippen LogP contribution < -0.4 is 9.47 Å². The molecule has 0 aliphatic heterocycles. The molecule has 3 aromatic carbocycles. The van der Waals surface area contributed by atoms with Crippen molar-refractivity contribution in [3.8, 4) is 11.5 Å². The zero-order valence-corrected chi connectivity index (χ0v) is 16.9. The van der Waals surface area contributed by atoms with Crippen molar-refractivity contribution in [3.63, 3.8) is 0 Å². The number of hydrogen-bond acceptors (Lipinski definition) is 5. The summed E-state index contributed by atoms with van der Waals surface area (Å²) in [5, 5.41) is 0. The molecule has 0 aliphatic rings. The van der Waals surface area contributed by atoms with Gasteiger partial charge in [0.25, 0.3) is 0 Å². The number of aliphatic imine (C=N–C) groups is 1. The molecule has 0 amide bonds. The van der Waals surface area contributed by atoms with E-state index in [4.69, 9.17) is 14.2 Å². The molecular formula is C25H22FNO4. The van der Waals surface area contributed by atoms with Crippen LogP contribution in [0.25, 0.3) is 0 Å². The first kappa shape index (κ1) is 21.8. The zero-order valence-electron chi connectivity index (χ0n) is 16.9. The summed E-state index contributed by atoms with van der Waals surface area (Å²) in [6.45, 7) is 3.75. The summed E-state index contributed by atoms with van der Waals surface area (Å²) in [4.78, 5) is 16.0. The van der Waals surface area contributed by atoms with Gasteiger partial charge in [0.1, 0.15) is 30.5 Å². The minimum Gasteiger partial charge on any atom is -0.488 e. The Morgan fingerprint density at radius 1 is 1.00 bits per heavy atom. The number of rotatable bonds is 10. The van der Waals surface area contributed by atoms with E-state index in [2.05, 4.69) is 11.6 Å². The highest BCUT2D eigenvalue weighted by molar-refractivity contribution is 5.86. The SMILES string of the molecule is C=CCOC(=O)COc1ccc(/C=N/c2ccc(F)cc2)c(OCc2ccccc2)c1. The Labute approximate surface area is 180 Å². The molecule has 0 N–H and O–H groups in total. The predicted octanol–water partition coefficient (Wildman–Crippen LogP) is 5.26. The zero-order chi connectivity index (χ0) is 21.9. The van der Waals surface area contributed by atoms with Gasteiger partial charge in [0.05, 0.1) is 5.69 Å². The van der Waals surface area contributed by atoms with E-state index in [9.17, 15) is 9.18 Å². The van der Waals surface area contributed by atoms with Crippen molar-refractivity contribution in [2.24, 2.45) is 4.99 Å². The summed E-state index contributed by atoms with van der Waals surface area (Å²) in [7, 11) is 0. The van der Waals surface area contributed by atoms with Gasteiger partial charge in [0.2, 0.25) is 0 Å². The van der Waals surface area contributed by atoms with Crippen molar-refractivity contribution in [3.05, 3.63) is 102 Å². The Bertz CT molecular complexity index is 1030. The second-order valence-corrected chi connectivity index (χ2v) is 6.47. The number of hydrogen-bond donors (Lipinski definition) is 0. The summed E-state index contributed by atoms with van der Waals surface area (Å²) < 4.78 is 29.5. The fraction of sp³-hybridized carbons (Fsp3) is 0.120. The van der Waals surface area contributed by atoms with Gasteiger partial charge < -0.3 is 14.2 Å². The van der Waals surface area contributed by atoms with Gasteiger partial charge in [-0.1, -0.05) is 43.0 Å². The largest absolute Gasteiger partial charge is 0.488 e. The summed E-state index contributed by atoms with van der Waals surface area (Å²) >= 11 is 0. The molecule has 0 saturated heterocycles. The number of carbonyl (C=O) groups is 1. The van der Waals surface area contributed by atoms with Crippen LogP contribution in [0.15, 0.2) is 90.4 Å². The van der Waals surface area contributed by atoms with Gasteiger partial charge in [-0.3, -0.25) is 4.99 Å². The molecule has 0 heterocycles. The third-order valence-corrected chi connectivity index (χ3v) is 4.12. The molecular weight excluding hydrogens is 397 g/mol. The maximum absolute atomic E-state index is 13.1. The minimum absolute atomic E-state index is 0.131. The lowest BCUT2D eigenvalue weighted by atomic mass is 10.2. The van der Waals surface area contributed by atoms with Crippen LogP contribution in [-0.2, 0) is 16.1 Å². The molecule has 6 heteroatoms. The van der Waals surface area contributed by atoms with Crippen LogP contribution >= 0.6 is 0 Å². The Morgan fingerprint density at radius 2 is 1.77 bits per heavy atom.